The summed E-state index contributed by atoms with van der Waals surface area (Å²) in [6, 6.07) is 11.7. The van der Waals surface area contributed by atoms with E-state index in [-0.39, 0.29) is 5.91 Å². The van der Waals surface area contributed by atoms with Crippen LogP contribution in [-0.4, -0.2) is 45.5 Å². The third kappa shape index (κ3) is 4.63. The number of methoxy groups -OCH3 is 1. The Morgan fingerprint density at radius 2 is 2.14 bits per heavy atom. The van der Waals surface area contributed by atoms with Crippen LogP contribution in [0.1, 0.15) is 4.88 Å². The minimum absolute atomic E-state index is 0.0467. The quantitative estimate of drug-likeness (QED) is 0.392. The molecule has 0 saturated carbocycles. The van der Waals surface area contributed by atoms with E-state index in [1.165, 1.54) is 11.8 Å². The molecule has 0 aliphatic heterocycles. The summed E-state index contributed by atoms with van der Waals surface area (Å²) < 4.78 is 7.39. The van der Waals surface area contributed by atoms with Crippen LogP contribution in [0.5, 0.6) is 5.75 Å². The van der Waals surface area contributed by atoms with E-state index in [0.717, 1.165) is 16.2 Å². The standard InChI is InChI=1S/C20H22N4O2S2/c1-4-11-24-19(16-9-5-6-10-17(16)26-3)21-22-20(24)28-14-18(25)23(2)13-15-8-7-12-27-15/h4-10,12H,1,11,13-14H2,2-3H3. The van der Waals surface area contributed by atoms with E-state index in [2.05, 4.69) is 16.8 Å². The second-order valence-corrected chi connectivity index (χ2v) is 8.00. The maximum atomic E-state index is 12.5. The summed E-state index contributed by atoms with van der Waals surface area (Å²) in [6.07, 6.45) is 1.79. The molecular formula is C20H22N4O2S2. The average molecular weight is 415 g/mol. The predicted molar refractivity (Wildman–Crippen MR) is 114 cm³/mol. The third-order valence-electron chi connectivity index (χ3n) is 4.10. The number of thioether (sulfide) groups is 1. The molecule has 2 heterocycles. The monoisotopic (exact) mass is 414 g/mol. The lowest BCUT2D eigenvalue weighted by Crippen LogP contribution is -2.27. The van der Waals surface area contributed by atoms with Gasteiger partial charge in [-0.25, -0.2) is 0 Å². The Labute approximate surface area is 172 Å². The Morgan fingerprint density at radius 3 is 2.86 bits per heavy atom. The highest BCUT2D eigenvalue weighted by Crippen LogP contribution is 2.31. The van der Waals surface area contributed by atoms with Gasteiger partial charge >= 0.3 is 0 Å². The lowest BCUT2D eigenvalue weighted by atomic mass is 10.2. The van der Waals surface area contributed by atoms with E-state index < -0.39 is 0 Å². The molecule has 0 bridgehead atoms. The molecule has 1 aromatic carbocycles. The summed E-state index contributed by atoms with van der Waals surface area (Å²) in [4.78, 5) is 15.4. The van der Waals surface area contributed by atoms with Crippen LogP contribution in [0, 0.1) is 0 Å². The van der Waals surface area contributed by atoms with E-state index in [9.17, 15) is 4.79 Å². The fraction of sp³-hybridized carbons (Fsp3) is 0.250. The van der Waals surface area contributed by atoms with Crippen molar-refractivity contribution in [2.75, 3.05) is 19.9 Å². The highest BCUT2D eigenvalue weighted by atomic mass is 32.2. The van der Waals surface area contributed by atoms with Crippen molar-refractivity contribution in [3.05, 3.63) is 59.3 Å². The highest BCUT2D eigenvalue weighted by molar-refractivity contribution is 7.99. The number of para-hydroxylation sites is 1. The Balaban J connectivity index is 1.74. The molecule has 0 unspecified atom stereocenters. The predicted octanol–water partition coefficient (Wildman–Crippen LogP) is 3.95. The van der Waals surface area contributed by atoms with Gasteiger partial charge in [0.1, 0.15) is 5.75 Å². The zero-order valence-electron chi connectivity index (χ0n) is 15.9. The number of nitrogens with zero attached hydrogens (tertiary/aromatic N) is 4. The number of carbonyl (C=O) groups excluding carboxylic acids is 1. The second kappa shape index (κ2) is 9.57. The zero-order valence-corrected chi connectivity index (χ0v) is 17.5. The van der Waals surface area contributed by atoms with Gasteiger partial charge in [0.05, 0.1) is 25.0 Å². The van der Waals surface area contributed by atoms with Gasteiger partial charge in [0, 0.05) is 18.5 Å². The molecule has 0 aliphatic rings. The lowest BCUT2D eigenvalue weighted by molar-refractivity contribution is -0.127. The highest BCUT2D eigenvalue weighted by Gasteiger charge is 2.18. The van der Waals surface area contributed by atoms with Crippen molar-refractivity contribution >= 4 is 29.0 Å². The maximum absolute atomic E-state index is 12.5. The van der Waals surface area contributed by atoms with E-state index in [1.807, 2.05) is 53.4 Å². The number of amides is 1. The van der Waals surface area contributed by atoms with Crippen LogP contribution in [0.15, 0.2) is 59.6 Å². The molecule has 3 rings (SSSR count). The van der Waals surface area contributed by atoms with Crippen molar-refractivity contribution in [1.29, 1.82) is 0 Å². The van der Waals surface area contributed by atoms with Crippen LogP contribution >= 0.6 is 23.1 Å². The number of thiophene rings is 1. The normalized spacial score (nSPS) is 10.6. The Morgan fingerprint density at radius 1 is 1.32 bits per heavy atom. The van der Waals surface area contributed by atoms with Crippen molar-refractivity contribution in [3.8, 4) is 17.1 Å². The topological polar surface area (TPSA) is 60.2 Å². The first-order valence-electron chi connectivity index (χ1n) is 8.70. The largest absolute Gasteiger partial charge is 0.496 e. The molecule has 6 nitrogen and oxygen atoms in total. The first-order chi connectivity index (χ1) is 13.6. The van der Waals surface area contributed by atoms with E-state index in [0.29, 0.717) is 29.8 Å². The number of carbonyl (C=O) groups is 1. The van der Waals surface area contributed by atoms with E-state index >= 15 is 0 Å². The molecule has 0 spiro atoms. The van der Waals surface area contributed by atoms with Crippen LogP contribution in [-0.2, 0) is 17.9 Å². The Bertz CT molecular complexity index is 938. The molecule has 146 valence electrons. The van der Waals surface area contributed by atoms with Crippen molar-refractivity contribution in [1.82, 2.24) is 19.7 Å². The summed E-state index contributed by atoms with van der Waals surface area (Å²) in [5.74, 6) is 1.76. The van der Waals surface area contributed by atoms with E-state index in [1.54, 1.807) is 29.4 Å². The Hall–Kier alpha value is -2.58. The molecular weight excluding hydrogens is 392 g/mol. The van der Waals surface area contributed by atoms with Crippen molar-refractivity contribution in [2.45, 2.75) is 18.2 Å². The fourth-order valence-corrected chi connectivity index (χ4v) is 4.32. The number of rotatable bonds is 9. The molecule has 3 aromatic rings. The molecule has 0 aliphatic carbocycles. The number of aromatic nitrogens is 3. The molecule has 2 aromatic heterocycles. The third-order valence-corrected chi connectivity index (χ3v) is 5.91. The number of benzene rings is 1. The van der Waals surface area contributed by atoms with Crippen LogP contribution in [0.3, 0.4) is 0 Å². The van der Waals surface area contributed by atoms with Crippen LogP contribution in [0.4, 0.5) is 0 Å². The van der Waals surface area contributed by atoms with Gasteiger partial charge in [0.15, 0.2) is 11.0 Å². The SMILES string of the molecule is C=CCn1c(SCC(=O)N(C)Cc2cccs2)nnc1-c1ccccc1OC. The van der Waals surface area contributed by atoms with Crippen LogP contribution < -0.4 is 4.74 Å². The maximum Gasteiger partial charge on any atom is 0.233 e. The molecule has 0 N–H and O–H groups in total. The van der Waals surface area contributed by atoms with Gasteiger partial charge in [-0.05, 0) is 23.6 Å². The van der Waals surface area contributed by atoms with Crippen molar-refractivity contribution in [3.63, 3.8) is 0 Å². The van der Waals surface area contributed by atoms with Crippen molar-refractivity contribution < 1.29 is 9.53 Å². The van der Waals surface area contributed by atoms with Gasteiger partial charge in [0.2, 0.25) is 5.91 Å². The second-order valence-electron chi connectivity index (χ2n) is 6.02. The molecule has 0 atom stereocenters. The molecule has 28 heavy (non-hydrogen) atoms. The lowest BCUT2D eigenvalue weighted by Gasteiger charge is -2.16. The molecule has 8 heteroatoms. The van der Waals surface area contributed by atoms with Gasteiger partial charge in [-0.15, -0.1) is 28.1 Å². The summed E-state index contributed by atoms with van der Waals surface area (Å²) in [7, 11) is 3.45. The minimum atomic E-state index is 0.0467. The average Bonchev–Trinajstić information content (AvgIpc) is 3.36. The summed E-state index contributed by atoms with van der Waals surface area (Å²) in [5, 5.41) is 11.3. The first kappa shape index (κ1) is 20.2. The van der Waals surface area contributed by atoms with E-state index in [4.69, 9.17) is 4.74 Å². The molecule has 1 amide bonds. The summed E-state index contributed by atoms with van der Waals surface area (Å²) >= 11 is 3.02. The molecule has 0 fully saturated rings. The van der Waals surface area contributed by atoms with Crippen LogP contribution in [0.25, 0.3) is 11.4 Å². The zero-order chi connectivity index (χ0) is 19.9. The van der Waals surface area contributed by atoms with Gasteiger partial charge in [-0.2, -0.15) is 0 Å². The van der Waals surface area contributed by atoms with Crippen LogP contribution in [0.2, 0.25) is 0 Å². The van der Waals surface area contributed by atoms with Gasteiger partial charge in [-0.3, -0.25) is 9.36 Å². The Kier molecular flexibility index (Phi) is 6.89. The molecule has 0 saturated heterocycles. The smallest absolute Gasteiger partial charge is 0.233 e. The number of hydrogen-bond acceptors (Lipinski definition) is 6. The van der Waals surface area contributed by atoms with Gasteiger partial charge in [0.25, 0.3) is 0 Å². The number of hydrogen-bond donors (Lipinski definition) is 0. The number of allylic oxidation sites excluding steroid dienone is 1. The summed E-state index contributed by atoms with van der Waals surface area (Å²) in [5.41, 5.74) is 0.854. The minimum Gasteiger partial charge on any atom is -0.496 e. The van der Waals surface area contributed by atoms with Gasteiger partial charge < -0.3 is 9.64 Å². The molecule has 0 radical (unpaired) electrons. The van der Waals surface area contributed by atoms with Crippen molar-refractivity contribution in [2.24, 2.45) is 0 Å². The van der Waals surface area contributed by atoms with Gasteiger partial charge in [-0.1, -0.05) is 36.0 Å². The summed E-state index contributed by atoms with van der Waals surface area (Å²) in [6.45, 7) is 4.99. The number of ether oxygens (including phenoxy) is 1. The first-order valence-corrected chi connectivity index (χ1v) is 10.6. The fourth-order valence-electron chi connectivity index (χ4n) is 2.68.